The zero-order valence-electron chi connectivity index (χ0n) is 22.2. The van der Waals surface area contributed by atoms with Gasteiger partial charge in [0.1, 0.15) is 22.8 Å². The van der Waals surface area contributed by atoms with Crippen LogP contribution in [0, 0.1) is 0 Å². The minimum absolute atomic E-state index is 0.0552. The first kappa shape index (κ1) is 29.1. The van der Waals surface area contributed by atoms with Gasteiger partial charge in [0.15, 0.2) is 17.9 Å². The molecule has 1 aliphatic heterocycles. The molecule has 4 unspecified atom stereocenters. The van der Waals surface area contributed by atoms with E-state index in [1.54, 1.807) is 0 Å². The van der Waals surface area contributed by atoms with Crippen molar-refractivity contribution in [3.63, 3.8) is 0 Å². The van der Waals surface area contributed by atoms with Gasteiger partial charge in [-0.1, -0.05) is 12.1 Å². The molecular weight excluding hydrogens is 562 g/mol. The molecule has 1 heterocycles. The Kier molecular flexibility index (Phi) is 7.42. The molecule has 1 fully saturated rings. The number of aliphatic hydroxyl groups excluding tert-OH is 1. The number of hydrogen-bond acceptors (Lipinski definition) is 12. The van der Waals surface area contributed by atoms with Gasteiger partial charge in [-0.25, -0.2) is 13.1 Å². The lowest BCUT2D eigenvalue weighted by molar-refractivity contribution is -0.248. The summed E-state index contributed by atoms with van der Waals surface area (Å²) in [4.78, 5) is 39.8. The van der Waals surface area contributed by atoms with Crippen LogP contribution in [-0.2, 0) is 31.6 Å². The van der Waals surface area contributed by atoms with Gasteiger partial charge in [-0.05, 0) is 19.9 Å². The summed E-state index contributed by atoms with van der Waals surface area (Å²) in [6.45, 7) is 2.62. The van der Waals surface area contributed by atoms with Crippen molar-refractivity contribution < 1.29 is 57.4 Å². The summed E-state index contributed by atoms with van der Waals surface area (Å²) in [5, 5.41) is 44.5. The third-order valence-corrected chi connectivity index (χ3v) is 8.57. The molecule has 0 bridgehead atoms. The van der Waals surface area contributed by atoms with E-state index in [1.807, 2.05) is 0 Å². The molecule has 5 rings (SSSR count). The van der Waals surface area contributed by atoms with Crippen LogP contribution in [0.4, 0.5) is 0 Å². The molecule has 14 heteroatoms. The standard InChI is InChI=1S/C27H29NO12S/c1-10-22(30)14(28-41(36)37)7-17(39-10)40-16-9-27(35,11(2)29)8-13-19(16)26(34)21-20(24(13)32)23(31)12-5-4-6-15(38-3)18(12)25(21)33/h4-6,10,14,16-17,22,30,32,34-35,41H,7-9H2,1-3H3,(H,28,36,37)/t10?,14?,16-,17?,22?,27-/m0/s1. The highest BCUT2D eigenvalue weighted by Crippen LogP contribution is 2.52. The summed E-state index contributed by atoms with van der Waals surface area (Å²) >= 11 is 0. The Bertz CT molecular complexity index is 1540. The van der Waals surface area contributed by atoms with Gasteiger partial charge in [-0.15, -0.1) is 0 Å². The number of carbonyl (C=O) groups excluding carboxylic acids is 3. The molecule has 41 heavy (non-hydrogen) atoms. The summed E-state index contributed by atoms with van der Waals surface area (Å²) in [5.41, 5.74) is -3.50. The molecule has 0 saturated carbocycles. The summed E-state index contributed by atoms with van der Waals surface area (Å²) in [5.74, 6) is -3.52. The van der Waals surface area contributed by atoms with Crippen LogP contribution in [0.2, 0.25) is 0 Å². The van der Waals surface area contributed by atoms with Crippen molar-refractivity contribution >= 4 is 28.2 Å². The molecule has 0 spiro atoms. The lowest BCUT2D eigenvalue weighted by atomic mass is 9.72. The lowest BCUT2D eigenvalue weighted by Gasteiger charge is -2.42. The number of ketones is 3. The minimum Gasteiger partial charge on any atom is -0.507 e. The molecule has 6 atom stereocenters. The first-order valence-corrected chi connectivity index (χ1v) is 14.0. The van der Waals surface area contributed by atoms with E-state index in [9.17, 15) is 43.2 Å². The largest absolute Gasteiger partial charge is 0.507 e. The highest BCUT2D eigenvalue weighted by Gasteiger charge is 2.49. The number of benzene rings is 2. The second-order valence-electron chi connectivity index (χ2n) is 10.5. The number of ether oxygens (including phenoxy) is 3. The number of nitrogens with one attached hydrogen (secondary N) is 1. The number of fused-ring (bicyclic) bond motifs is 3. The van der Waals surface area contributed by atoms with Crippen molar-refractivity contribution in [2.24, 2.45) is 0 Å². The van der Waals surface area contributed by atoms with Gasteiger partial charge >= 0.3 is 0 Å². The predicted molar refractivity (Wildman–Crippen MR) is 140 cm³/mol. The number of thiol groups is 1. The van der Waals surface area contributed by atoms with Gasteiger partial charge in [0, 0.05) is 36.0 Å². The molecule has 2 aliphatic carbocycles. The van der Waals surface area contributed by atoms with E-state index in [4.69, 9.17) is 14.2 Å². The number of phenolic OH excluding ortho intramolecular Hbond substituents is 2. The molecule has 2 aromatic rings. The summed E-state index contributed by atoms with van der Waals surface area (Å²) < 4.78 is 41.8. The Morgan fingerprint density at radius 2 is 1.80 bits per heavy atom. The van der Waals surface area contributed by atoms with Gasteiger partial charge in [-0.2, -0.15) is 0 Å². The van der Waals surface area contributed by atoms with Gasteiger partial charge < -0.3 is 34.6 Å². The number of hydrogen-bond donors (Lipinski definition) is 6. The molecule has 2 aromatic carbocycles. The number of methoxy groups -OCH3 is 1. The van der Waals surface area contributed by atoms with E-state index in [0.29, 0.717) is 0 Å². The Balaban J connectivity index is 1.65. The van der Waals surface area contributed by atoms with E-state index in [0.717, 1.165) is 6.92 Å². The summed E-state index contributed by atoms with van der Waals surface area (Å²) in [6, 6.07) is 3.35. The number of aliphatic hydroxyl groups is 2. The van der Waals surface area contributed by atoms with Crippen LogP contribution in [0.5, 0.6) is 17.2 Å². The van der Waals surface area contributed by atoms with Crippen molar-refractivity contribution in [1.29, 1.82) is 0 Å². The second kappa shape index (κ2) is 10.5. The predicted octanol–water partition coefficient (Wildman–Crippen LogP) is 0.186. The molecule has 5 N–H and O–H groups in total. The Morgan fingerprint density at radius 3 is 2.44 bits per heavy atom. The zero-order valence-corrected chi connectivity index (χ0v) is 23.1. The molecule has 1 saturated heterocycles. The third-order valence-electron chi connectivity index (χ3n) is 8.02. The van der Waals surface area contributed by atoms with E-state index in [-0.39, 0.29) is 34.4 Å². The highest BCUT2D eigenvalue weighted by molar-refractivity contribution is 7.70. The topological polar surface area (TPSA) is 206 Å². The van der Waals surface area contributed by atoms with E-state index in [2.05, 4.69) is 4.72 Å². The maximum Gasteiger partial charge on any atom is 0.202 e. The van der Waals surface area contributed by atoms with Crippen molar-refractivity contribution in [2.75, 3.05) is 7.11 Å². The summed E-state index contributed by atoms with van der Waals surface area (Å²) in [7, 11) is -1.77. The number of rotatable bonds is 6. The van der Waals surface area contributed by atoms with Crippen LogP contribution >= 0.6 is 0 Å². The van der Waals surface area contributed by atoms with Gasteiger partial charge in [0.2, 0.25) is 16.7 Å². The average molecular weight is 592 g/mol. The zero-order chi connectivity index (χ0) is 30.0. The quantitative estimate of drug-likeness (QED) is 0.168. The smallest absolute Gasteiger partial charge is 0.202 e. The normalized spacial score (nSPS) is 29.1. The lowest BCUT2D eigenvalue weighted by Crippen LogP contribution is -2.54. The molecule has 13 nitrogen and oxygen atoms in total. The molecule has 220 valence electrons. The maximum absolute atomic E-state index is 13.7. The minimum atomic E-state index is -3.08. The molecule has 0 amide bonds. The Hall–Kier alpha value is -3.40. The monoisotopic (exact) mass is 591 g/mol. The Labute approximate surface area is 235 Å². The van der Waals surface area contributed by atoms with Crippen LogP contribution < -0.4 is 9.46 Å². The van der Waals surface area contributed by atoms with Crippen LogP contribution in [0.15, 0.2) is 18.2 Å². The van der Waals surface area contributed by atoms with Gasteiger partial charge in [-0.3, -0.25) is 14.4 Å². The second-order valence-corrected chi connectivity index (χ2v) is 11.2. The SMILES string of the molecule is COc1cccc2c1C(=O)c1c(O)c3c(c(O)c1C2=O)C[C@@](O)(C(C)=O)C[C@@H]3OC1CC(N[SH](=O)=O)C(O)C(C)O1. The number of aromatic hydroxyl groups is 2. The van der Waals surface area contributed by atoms with Gasteiger partial charge in [0.05, 0.1) is 48.2 Å². The van der Waals surface area contributed by atoms with Crippen molar-refractivity contribution in [3.8, 4) is 17.2 Å². The van der Waals surface area contributed by atoms with E-state index < -0.39 is 100.0 Å². The van der Waals surface area contributed by atoms with Crippen LogP contribution in [0.25, 0.3) is 0 Å². The van der Waals surface area contributed by atoms with Crippen molar-refractivity contribution in [1.82, 2.24) is 4.72 Å². The van der Waals surface area contributed by atoms with Gasteiger partial charge in [0.25, 0.3) is 0 Å². The fraction of sp³-hybridized carbons (Fsp3) is 0.444. The van der Waals surface area contributed by atoms with Crippen LogP contribution in [0.3, 0.4) is 0 Å². The number of Topliss-reactive ketones (excluding diaryl/α,β-unsaturated/α-hetero) is 1. The maximum atomic E-state index is 13.7. The fourth-order valence-electron chi connectivity index (χ4n) is 5.89. The molecule has 0 radical (unpaired) electrons. The molecular formula is C27H29NO12S. The first-order valence-electron chi connectivity index (χ1n) is 12.8. The Morgan fingerprint density at radius 1 is 1.12 bits per heavy atom. The van der Waals surface area contributed by atoms with Crippen molar-refractivity contribution in [2.45, 2.75) is 69.4 Å². The first-order chi connectivity index (χ1) is 19.3. The molecule has 3 aliphatic rings. The van der Waals surface area contributed by atoms with Crippen molar-refractivity contribution in [3.05, 3.63) is 51.6 Å². The van der Waals surface area contributed by atoms with E-state index >= 15 is 0 Å². The molecule has 0 aromatic heterocycles. The van der Waals surface area contributed by atoms with Crippen LogP contribution in [0.1, 0.15) is 75.8 Å². The van der Waals surface area contributed by atoms with Crippen LogP contribution in [-0.4, -0.2) is 83.4 Å². The highest BCUT2D eigenvalue weighted by atomic mass is 32.2. The number of carbonyl (C=O) groups is 3. The number of phenols is 2. The summed E-state index contributed by atoms with van der Waals surface area (Å²) in [6.07, 6.45) is -5.77. The average Bonchev–Trinajstić information content (AvgIpc) is 2.91. The van der Waals surface area contributed by atoms with E-state index in [1.165, 1.54) is 32.2 Å². The third kappa shape index (κ3) is 4.70. The fourth-order valence-corrected chi connectivity index (χ4v) is 6.42.